The van der Waals surface area contributed by atoms with Gasteiger partial charge in [0.05, 0.1) is 16.1 Å². The largest absolute Gasteiger partial charge is 0.398 e. The minimum absolute atomic E-state index is 0.186. The van der Waals surface area contributed by atoms with Gasteiger partial charge < -0.3 is 11.1 Å². The van der Waals surface area contributed by atoms with Crippen molar-refractivity contribution in [3.05, 3.63) is 62.0 Å². The lowest BCUT2D eigenvalue weighted by atomic mass is 10.1. The van der Waals surface area contributed by atoms with Crippen LogP contribution in [-0.4, -0.2) is 5.91 Å². The van der Waals surface area contributed by atoms with Gasteiger partial charge in [0.15, 0.2) is 0 Å². The van der Waals surface area contributed by atoms with Gasteiger partial charge in [-0.25, -0.2) is 0 Å². The highest BCUT2D eigenvalue weighted by atomic mass is 79.9. The third kappa shape index (κ3) is 3.90. The number of carbonyl (C=O) groups excluding carboxylic acids is 1. The Bertz CT molecular complexity index is 691. The molecule has 0 spiro atoms. The number of benzene rings is 2. The molecule has 1 atom stereocenters. The Morgan fingerprint density at radius 2 is 1.90 bits per heavy atom. The molecule has 0 fully saturated rings. The Hall–Kier alpha value is -1.23. The Kier molecular flexibility index (Phi) is 5.14. The van der Waals surface area contributed by atoms with Crippen LogP contribution in [0.15, 0.2) is 40.9 Å². The quantitative estimate of drug-likeness (QED) is 0.741. The van der Waals surface area contributed by atoms with Gasteiger partial charge in [0.2, 0.25) is 0 Å². The maximum absolute atomic E-state index is 12.2. The highest BCUT2D eigenvalue weighted by Crippen LogP contribution is 2.26. The summed E-state index contributed by atoms with van der Waals surface area (Å²) in [5, 5.41) is 3.85. The highest BCUT2D eigenvalue weighted by molar-refractivity contribution is 9.10. The van der Waals surface area contributed by atoms with E-state index in [-0.39, 0.29) is 11.9 Å². The van der Waals surface area contributed by atoms with Crippen LogP contribution >= 0.6 is 39.1 Å². The number of hydrogen-bond acceptors (Lipinski definition) is 2. The average molecular weight is 388 g/mol. The third-order valence-electron chi connectivity index (χ3n) is 3.05. The first-order valence-electron chi connectivity index (χ1n) is 6.19. The van der Waals surface area contributed by atoms with Gasteiger partial charge in [-0.15, -0.1) is 0 Å². The molecule has 0 aliphatic heterocycles. The van der Waals surface area contributed by atoms with Gasteiger partial charge in [-0.1, -0.05) is 29.3 Å². The van der Waals surface area contributed by atoms with Crippen LogP contribution in [0.1, 0.15) is 28.9 Å². The zero-order valence-electron chi connectivity index (χ0n) is 11.2. The van der Waals surface area contributed by atoms with Crippen LogP contribution in [-0.2, 0) is 0 Å². The standard InChI is InChI=1S/C15H13BrCl2N2O/c1-8(9-2-4-12(17)13(18)7-9)20-15(21)10-3-5-14(19)11(16)6-10/h2-8H,19H2,1H3,(H,20,21). The summed E-state index contributed by atoms with van der Waals surface area (Å²) in [6, 6.07) is 10.1. The molecule has 2 aromatic carbocycles. The van der Waals surface area contributed by atoms with E-state index in [1.165, 1.54) is 0 Å². The van der Waals surface area contributed by atoms with Gasteiger partial charge in [-0.05, 0) is 58.7 Å². The number of nitrogens with one attached hydrogen (secondary N) is 1. The van der Waals surface area contributed by atoms with E-state index in [2.05, 4.69) is 21.2 Å². The Morgan fingerprint density at radius 1 is 1.19 bits per heavy atom. The minimum atomic E-state index is -0.191. The fraction of sp³-hybridized carbons (Fsp3) is 0.133. The summed E-state index contributed by atoms with van der Waals surface area (Å²) in [6.45, 7) is 1.88. The van der Waals surface area contributed by atoms with Crippen molar-refractivity contribution in [3.63, 3.8) is 0 Å². The molecule has 1 unspecified atom stereocenters. The number of anilines is 1. The van der Waals surface area contributed by atoms with Crippen LogP contribution in [0.4, 0.5) is 5.69 Å². The fourth-order valence-electron chi connectivity index (χ4n) is 1.81. The summed E-state index contributed by atoms with van der Waals surface area (Å²) in [5.74, 6) is -0.186. The summed E-state index contributed by atoms with van der Waals surface area (Å²) in [5.41, 5.74) is 7.71. The predicted octanol–water partition coefficient (Wildman–Crippen LogP) is 4.83. The number of halogens is 3. The molecule has 1 amide bonds. The molecule has 0 aliphatic rings. The number of hydrogen-bond donors (Lipinski definition) is 2. The van der Waals surface area contributed by atoms with Crippen LogP contribution in [0.3, 0.4) is 0 Å². The normalized spacial score (nSPS) is 12.0. The second kappa shape index (κ2) is 6.69. The van der Waals surface area contributed by atoms with E-state index in [0.29, 0.717) is 25.8 Å². The maximum Gasteiger partial charge on any atom is 0.251 e. The van der Waals surface area contributed by atoms with E-state index >= 15 is 0 Å². The monoisotopic (exact) mass is 386 g/mol. The van der Waals surface area contributed by atoms with E-state index in [4.69, 9.17) is 28.9 Å². The first-order chi connectivity index (χ1) is 9.88. The molecular formula is C15H13BrCl2N2O. The molecule has 0 bridgehead atoms. The van der Waals surface area contributed by atoms with E-state index in [1.807, 2.05) is 13.0 Å². The Labute approximate surface area is 141 Å². The van der Waals surface area contributed by atoms with Crippen LogP contribution in [0.25, 0.3) is 0 Å². The SMILES string of the molecule is CC(NC(=O)c1ccc(N)c(Br)c1)c1ccc(Cl)c(Cl)c1. The summed E-state index contributed by atoms with van der Waals surface area (Å²) >= 11 is 15.2. The lowest BCUT2D eigenvalue weighted by Crippen LogP contribution is -2.26. The number of nitrogen functional groups attached to an aromatic ring is 1. The lowest BCUT2D eigenvalue weighted by Gasteiger charge is -2.15. The predicted molar refractivity (Wildman–Crippen MR) is 90.9 cm³/mol. The lowest BCUT2D eigenvalue weighted by molar-refractivity contribution is 0.0940. The first kappa shape index (κ1) is 16.1. The summed E-state index contributed by atoms with van der Waals surface area (Å²) in [7, 11) is 0. The molecule has 3 nitrogen and oxygen atoms in total. The topological polar surface area (TPSA) is 55.1 Å². The zero-order valence-corrected chi connectivity index (χ0v) is 14.3. The van der Waals surface area contributed by atoms with Gasteiger partial charge in [-0.3, -0.25) is 4.79 Å². The number of carbonyl (C=O) groups is 1. The first-order valence-corrected chi connectivity index (χ1v) is 7.74. The van der Waals surface area contributed by atoms with Crippen LogP contribution in [0.2, 0.25) is 10.0 Å². The van der Waals surface area contributed by atoms with Crippen molar-refractivity contribution in [1.29, 1.82) is 0 Å². The number of rotatable bonds is 3. The van der Waals surface area contributed by atoms with Crippen molar-refractivity contribution >= 4 is 50.7 Å². The molecule has 3 N–H and O–H groups in total. The molecule has 21 heavy (non-hydrogen) atoms. The van der Waals surface area contributed by atoms with E-state index in [9.17, 15) is 4.79 Å². The molecule has 2 rings (SSSR count). The van der Waals surface area contributed by atoms with Gasteiger partial charge in [0.1, 0.15) is 0 Å². The Balaban J connectivity index is 2.14. The molecule has 0 aromatic heterocycles. The fourth-order valence-corrected chi connectivity index (χ4v) is 2.50. The smallest absolute Gasteiger partial charge is 0.251 e. The molecule has 0 saturated heterocycles. The number of amides is 1. The molecular weight excluding hydrogens is 375 g/mol. The second-order valence-electron chi connectivity index (χ2n) is 4.60. The summed E-state index contributed by atoms with van der Waals surface area (Å²) < 4.78 is 0.692. The molecule has 110 valence electrons. The second-order valence-corrected chi connectivity index (χ2v) is 6.27. The van der Waals surface area contributed by atoms with Crippen LogP contribution in [0, 0.1) is 0 Å². The molecule has 6 heteroatoms. The number of nitrogens with two attached hydrogens (primary N) is 1. The van der Waals surface area contributed by atoms with Crippen molar-refractivity contribution in [3.8, 4) is 0 Å². The molecule has 2 aromatic rings. The Morgan fingerprint density at radius 3 is 2.52 bits per heavy atom. The van der Waals surface area contributed by atoms with E-state index < -0.39 is 0 Å². The van der Waals surface area contributed by atoms with E-state index in [1.54, 1.807) is 30.3 Å². The highest BCUT2D eigenvalue weighted by Gasteiger charge is 2.13. The van der Waals surface area contributed by atoms with Gasteiger partial charge in [-0.2, -0.15) is 0 Å². The van der Waals surface area contributed by atoms with Crippen molar-refractivity contribution in [2.24, 2.45) is 0 Å². The van der Waals surface area contributed by atoms with Crippen LogP contribution in [0.5, 0.6) is 0 Å². The molecule has 0 aliphatic carbocycles. The molecule has 0 heterocycles. The molecule has 0 saturated carbocycles. The average Bonchev–Trinajstić information content (AvgIpc) is 2.44. The van der Waals surface area contributed by atoms with Crippen molar-refractivity contribution in [1.82, 2.24) is 5.32 Å². The van der Waals surface area contributed by atoms with Crippen LogP contribution < -0.4 is 11.1 Å². The maximum atomic E-state index is 12.2. The minimum Gasteiger partial charge on any atom is -0.398 e. The van der Waals surface area contributed by atoms with Crippen molar-refractivity contribution in [2.75, 3.05) is 5.73 Å². The van der Waals surface area contributed by atoms with Crippen molar-refractivity contribution in [2.45, 2.75) is 13.0 Å². The summed E-state index contributed by atoms with van der Waals surface area (Å²) in [4.78, 5) is 12.2. The van der Waals surface area contributed by atoms with E-state index in [0.717, 1.165) is 5.56 Å². The van der Waals surface area contributed by atoms with Gasteiger partial charge in [0, 0.05) is 15.7 Å². The van der Waals surface area contributed by atoms with Crippen molar-refractivity contribution < 1.29 is 4.79 Å². The van der Waals surface area contributed by atoms with Gasteiger partial charge >= 0.3 is 0 Å². The van der Waals surface area contributed by atoms with Gasteiger partial charge in [0.25, 0.3) is 5.91 Å². The summed E-state index contributed by atoms with van der Waals surface area (Å²) in [6.07, 6.45) is 0. The third-order valence-corrected chi connectivity index (χ3v) is 4.48. The zero-order chi connectivity index (χ0) is 15.6. The molecule has 0 radical (unpaired) electrons.